The summed E-state index contributed by atoms with van der Waals surface area (Å²) in [5.41, 5.74) is -4.39. The Morgan fingerprint density at radius 1 is 0.457 bits per heavy atom. The minimum atomic E-state index is -0.814. The largest absolute Gasteiger partial charge is 0.385 e. The van der Waals surface area contributed by atoms with Crippen LogP contribution in [-0.4, -0.2) is 93.8 Å². The summed E-state index contributed by atoms with van der Waals surface area (Å²) in [6.07, 6.45) is 0.993. The van der Waals surface area contributed by atoms with Crippen molar-refractivity contribution in [1.82, 2.24) is 27.4 Å². The van der Waals surface area contributed by atoms with Crippen LogP contribution >= 0.6 is 0 Å². The lowest BCUT2D eigenvalue weighted by Crippen LogP contribution is -2.55. The van der Waals surface area contributed by atoms with Crippen molar-refractivity contribution in [3.05, 3.63) is 62.9 Å². The van der Waals surface area contributed by atoms with E-state index in [0.29, 0.717) is 26.1 Å². The molecule has 0 atom stereocenters. The summed E-state index contributed by atoms with van der Waals surface area (Å²) in [7, 11) is 5.92. The molecule has 18 nitrogen and oxygen atoms in total. The zero-order valence-electron chi connectivity index (χ0n) is 26.8. The van der Waals surface area contributed by atoms with E-state index in [-0.39, 0.29) is 77.9 Å². The van der Waals surface area contributed by atoms with E-state index in [1.54, 1.807) is 0 Å². The minimum absolute atomic E-state index is 0. The van der Waals surface area contributed by atoms with Crippen molar-refractivity contribution in [3.63, 3.8) is 0 Å². The van der Waals surface area contributed by atoms with Gasteiger partial charge in [0, 0.05) is 67.7 Å². The Morgan fingerprint density at radius 2 is 0.761 bits per heavy atom. The van der Waals surface area contributed by atoms with Gasteiger partial charge in [-0.2, -0.15) is 0 Å². The van der Waals surface area contributed by atoms with E-state index in [1.807, 2.05) is 0 Å². The molecule has 0 unspecified atom stereocenters. The molecule has 262 valence electrons. The van der Waals surface area contributed by atoms with Crippen LogP contribution in [0.5, 0.6) is 0 Å². The van der Waals surface area contributed by atoms with E-state index in [1.165, 1.54) is 42.3 Å². The second kappa shape index (κ2) is 21.7. The molecule has 2 aromatic rings. The van der Waals surface area contributed by atoms with Crippen molar-refractivity contribution in [1.29, 1.82) is 0 Å². The van der Waals surface area contributed by atoms with Gasteiger partial charge >= 0.3 is 34.1 Å². The number of carbonyl (C=O) groups excluding carboxylic acids is 2. The number of nitrogens with zero attached hydrogens (tertiary/aromatic N) is 6. The number of ether oxygens (including phenoxy) is 4. The lowest BCUT2D eigenvalue weighted by Gasteiger charge is -2.13. The van der Waals surface area contributed by atoms with Gasteiger partial charge in [-0.15, -0.1) is 0 Å². The molecule has 46 heavy (non-hydrogen) atoms. The molecule has 0 radical (unpaired) electrons. The molecule has 2 aromatic heterocycles. The molecular weight excluding hydrogens is 612 g/mol. The summed E-state index contributed by atoms with van der Waals surface area (Å²) in [6, 6.07) is 0. The molecule has 0 bridgehead atoms. The van der Waals surface area contributed by atoms with Crippen molar-refractivity contribution in [2.24, 2.45) is 0 Å². The third-order valence-electron chi connectivity index (χ3n) is 6.34. The number of methoxy groups -OCH3 is 4. The first-order valence-corrected chi connectivity index (χ1v) is 14.2. The molecule has 0 aliphatic rings. The van der Waals surface area contributed by atoms with Crippen molar-refractivity contribution in [3.8, 4) is 0 Å². The Balaban J connectivity index is 0.000000869. The summed E-state index contributed by atoms with van der Waals surface area (Å²) in [5, 5.41) is 0. The van der Waals surface area contributed by atoms with E-state index < -0.39 is 34.1 Å². The van der Waals surface area contributed by atoms with Gasteiger partial charge in [-0.25, -0.2) is 56.2 Å². The predicted octanol–water partition coefficient (Wildman–Crippen LogP) is -2.09. The lowest BCUT2D eigenvalue weighted by molar-refractivity contribution is -0.118. The number of hydrogen-bond acceptors (Lipinski definition) is 12. The fourth-order valence-corrected chi connectivity index (χ4v) is 4.05. The van der Waals surface area contributed by atoms with Crippen LogP contribution in [0.4, 0.5) is 0 Å². The average molecular weight is 661 g/mol. The summed E-state index contributed by atoms with van der Waals surface area (Å²) in [6.45, 7) is 3.58. The van der Waals surface area contributed by atoms with Crippen LogP contribution in [0.1, 0.15) is 40.5 Å². The first-order valence-electron chi connectivity index (χ1n) is 14.2. The number of hydrogen-bond donors (Lipinski definition) is 0. The Bertz CT molecular complexity index is 1530. The van der Waals surface area contributed by atoms with Crippen molar-refractivity contribution < 1.29 is 28.5 Å². The lowest BCUT2D eigenvalue weighted by atomic mass is 10.3. The Hall–Kier alpha value is -4.00. The highest BCUT2D eigenvalue weighted by Gasteiger charge is 2.17. The predicted molar refractivity (Wildman–Crippen MR) is 168 cm³/mol. The Labute approximate surface area is 265 Å². The molecule has 0 aliphatic carbocycles. The maximum absolute atomic E-state index is 12.5. The van der Waals surface area contributed by atoms with Crippen LogP contribution in [0.15, 0.2) is 28.8 Å². The quantitative estimate of drug-likeness (QED) is 0.149. The Kier molecular flexibility index (Phi) is 19.8. The topological polar surface area (TPSA) is 203 Å². The molecule has 0 amide bonds. The molecule has 0 saturated heterocycles. The molecule has 18 heteroatoms. The average Bonchev–Trinajstić information content (AvgIpc) is 2.99. The fraction of sp³-hybridized carbons (Fsp3) is 0.714. The van der Waals surface area contributed by atoms with Gasteiger partial charge in [0.15, 0.2) is 0 Å². The van der Waals surface area contributed by atoms with Crippen LogP contribution < -0.4 is 34.1 Å². The van der Waals surface area contributed by atoms with Gasteiger partial charge in [0.25, 0.3) is 0 Å². The number of aromatic nitrogens is 6. The molecule has 0 aliphatic heterocycles. The highest BCUT2D eigenvalue weighted by molar-refractivity contribution is 5.75. The highest BCUT2D eigenvalue weighted by atomic mass is 16.5. The smallest absolute Gasteiger partial charge is 0.336 e. The van der Waals surface area contributed by atoms with Crippen molar-refractivity contribution in [2.45, 2.75) is 79.8 Å². The highest BCUT2D eigenvalue weighted by Crippen LogP contribution is 1.89. The van der Waals surface area contributed by atoms with E-state index >= 15 is 0 Å². The second-order valence-electron chi connectivity index (χ2n) is 9.87. The monoisotopic (exact) mass is 660 g/mol. The second-order valence-corrected chi connectivity index (χ2v) is 9.87. The van der Waals surface area contributed by atoms with E-state index in [9.17, 15) is 38.4 Å². The van der Waals surface area contributed by atoms with Crippen LogP contribution in [-0.2, 0) is 67.8 Å². The zero-order valence-corrected chi connectivity index (χ0v) is 26.8. The van der Waals surface area contributed by atoms with Crippen LogP contribution in [0.25, 0.3) is 0 Å². The molecule has 0 fully saturated rings. The number of carbonyl (C=O) groups is 2. The van der Waals surface area contributed by atoms with Gasteiger partial charge in [-0.3, -0.25) is 9.59 Å². The summed E-state index contributed by atoms with van der Waals surface area (Å²) in [4.78, 5) is 96.2. The van der Waals surface area contributed by atoms with E-state index in [2.05, 4.69) is 0 Å². The molecule has 2 heterocycles. The maximum Gasteiger partial charge on any atom is 0.336 e. The normalized spacial score (nSPS) is 10.7. The van der Waals surface area contributed by atoms with E-state index in [4.69, 9.17) is 18.9 Å². The molecule has 0 aromatic carbocycles. The third-order valence-corrected chi connectivity index (χ3v) is 6.34. The summed E-state index contributed by atoms with van der Waals surface area (Å²) >= 11 is 0. The molecule has 2 rings (SSSR count). The molecular formula is C28H48N6O12. The molecule has 0 saturated carbocycles. The van der Waals surface area contributed by atoms with E-state index in [0.717, 1.165) is 27.4 Å². The standard InChI is InChI=1S/C15H25N3O6.C12H19N3O6.CH4/c1-12(19)6-9-18-14(21)16(7-4-10-23-2)13(20)17(15(18)22)8-5-11-24-3;1-9(16)8-15-11(18)13(4-6-20-2)10(17)14(12(15)19)5-7-21-3;/h4-11H2,1-3H3;4-8H2,1-3H3;1H4. The molecule has 0 spiro atoms. The first kappa shape index (κ1) is 42.0. The van der Waals surface area contributed by atoms with Gasteiger partial charge < -0.3 is 18.9 Å². The number of rotatable bonds is 19. The van der Waals surface area contributed by atoms with Gasteiger partial charge in [0.05, 0.1) is 32.8 Å². The summed E-state index contributed by atoms with van der Waals surface area (Å²) in [5.74, 6) is -0.492. The SMILES string of the molecule is C.COCCCn1c(=O)n(CCCOC)c(=O)n(CCC(C)=O)c1=O.COCCn1c(=O)n(CCOC)c(=O)n(CC(C)=O)c1=O. The zero-order chi connectivity index (χ0) is 34.1. The summed E-state index contributed by atoms with van der Waals surface area (Å²) < 4.78 is 25.0. The van der Waals surface area contributed by atoms with Crippen LogP contribution in [0.3, 0.4) is 0 Å². The first-order chi connectivity index (χ1) is 21.4. The van der Waals surface area contributed by atoms with Crippen LogP contribution in [0.2, 0.25) is 0 Å². The minimum Gasteiger partial charge on any atom is -0.385 e. The van der Waals surface area contributed by atoms with Gasteiger partial charge in [-0.1, -0.05) is 7.43 Å². The van der Waals surface area contributed by atoms with Crippen LogP contribution in [0, 0.1) is 0 Å². The number of ketones is 2. The van der Waals surface area contributed by atoms with Gasteiger partial charge in [0.1, 0.15) is 11.6 Å². The van der Waals surface area contributed by atoms with Gasteiger partial charge in [0.2, 0.25) is 0 Å². The number of Topliss-reactive ketones (excluding diaryl/α,β-unsaturated/α-hetero) is 2. The third kappa shape index (κ3) is 12.1. The van der Waals surface area contributed by atoms with Gasteiger partial charge in [-0.05, 0) is 26.7 Å². The van der Waals surface area contributed by atoms with Crippen molar-refractivity contribution in [2.75, 3.05) is 54.9 Å². The maximum atomic E-state index is 12.5. The Morgan fingerprint density at radius 3 is 1.07 bits per heavy atom. The fourth-order valence-electron chi connectivity index (χ4n) is 4.05. The van der Waals surface area contributed by atoms with Crippen molar-refractivity contribution >= 4 is 11.6 Å². The molecule has 0 N–H and O–H groups in total.